The van der Waals surface area contributed by atoms with Crippen molar-refractivity contribution in [3.05, 3.63) is 0 Å². The van der Waals surface area contributed by atoms with Crippen molar-refractivity contribution in [2.24, 2.45) is 0 Å². The summed E-state index contributed by atoms with van der Waals surface area (Å²) in [5.74, 6) is -0.691. The number of aliphatic carboxylic acids is 1. The van der Waals surface area contributed by atoms with Crippen LogP contribution in [0.5, 0.6) is 0 Å². The van der Waals surface area contributed by atoms with Crippen molar-refractivity contribution in [1.82, 2.24) is 9.80 Å². The fourth-order valence-electron chi connectivity index (χ4n) is 2.35. The summed E-state index contributed by atoms with van der Waals surface area (Å²) >= 11 is 0. The van der Waals surface area contributed by atoms with E-state index in [2.05, 4.69) is 30.6 Å². The zero-order valence-electron chi connectivity index (χ0n) is 13.7. The van der Waals surface area contributed by atoms with E-state index >= 15 is 0 Å². The van der Waals surface area contributed by atoms with E-state index in [1.165, 1.54) is 32.1 Å². The zero-order valence-corrected chi connectivity index (χ0v) is 13.7. The maximum Gasteiger partial charge on any atom is 0.304 e. The molecule has 0 unspecified atom stereocenters. The zero-order chi connectivity index (χ0) is 15.2. The second-order valence-electron chi connectivity index (χ2n) is 5.43. The van der Waals surface area contributed by atoms with Crippen molar-refractivity contribution >= 4 is 5.97 Å². The highest BCUT2D eigenvalue weighted by Gasteiger charge is 2.09. The molecule has 0 bridgehead atoms. The van der Waals surface area contributed by atoms with Crippen molar-refractivity contribution in [1.29, 1.82) is 0 Å². The van der Waals surface area contributed by atoms with E-state index in [0.717, 1.165) is 32.7 Å². The lowest BCUT2D eigenvalue weighted by Gasteiger charge is -2.26. The molecule has 0 aliphatic heterocycles. The van der Waals surface area contributed by atoms with E-state index in [-0.39, 0.29) is 6.42 Å². The summed E-state index contributed by atoms with van der Waals surface area (Å²) in [5, 5.41) is 8.84. The standard InChI is InChI=1S/C16H34N2O2/c1-4-7-8-9-10-12-18(13-11-16(19)20)15-14-17(5-2)6-3/h4-15H2,1-3H3,(H,19,20). The Kier molecular flexibility index (Phi) is 13.0. The number of hydrogen-bond acceptors (Lipinski definition) is 3. The summed E-state index contributed by atoms with van der Waals surface area (Å²) in [7, 11) is 0. The van der Waals surface area contributed by atoms with Crippen LogP contribution in [-0.2, 0) is 4.79 Å². The largest absolute Gasteiger partial charge is 0.481 e. The number of carbonyl (C=O) groups is 1. The fourth-order valence-corrected chi connectivity index (χ4v) is 2.35. The van der Waals surface area contributed by atoms with E-state index in [1.807, 2.05) is 0 Å². The van der Waals surface area contributed by atoms with Crippen LogP contribution in [0, 0.1) is 0 Å². The number of carboxylic acid groups (broad SMARTS) is 1. The monoisotopic (exact) mass is 286 g/mol. The molecule has 0 rings (SSSR count). The van der Waals surface area contributed by atoms with Gasteiger partial charge in [0.25, 0.3) is 0 Å². The highest BCUT2D eigenvalue weighted by atomic mass is 16.4. The van der Waals surface area contributed by atoms with Gasteiger partial charge in [-0.2, -0.15) is 0 Å². The predicted molar refractivity (Wildman–Crippen MR) is 85.2 cm³/mol. The van der Waals surface area contributed by atoms with Gasteiger partial charge in [-0.05, 0) is 26.1 Å². The van der Waals surface area contributed by atoms with Gasteiger partial charge in [0.1, 0.15) is 0 Å². The van der Waals surface area contributed by atoms with Crippen LogP contribution in [0.15, 0.2) is 0 Å². The minimum Gasteiger partial charge on any atom is -0.481 e. The van der Waals surface area contributed by atoms with Gasteiger partial charge >= 0.3 is 5.97 Å². The van der Waals surface area contributed by atoms with E-state index < -0.39 is 5.97 Å². The van der Waals surface area contributed by atoms with E-state index in [1.54, 1.807) is 0 Å². The number of unbranched alkanes of at least 4 members (excludes halogenated alkanes) is 4. The molecule has 0 amide bonds. The Morgan fingerprint density at radius 3 is 1.95 bits per heavy atom. The molecule has 0 saturated carbocycles. The van der Waals surface area contributed by atoms with Crippen molar-refractivity contribution in [2.75, 3.05) is 39.3 Å². The molecule has 4 heteroatoms. The molecule has 0 atom stereocenters. The van der Waals surface area contributed by atoms with Crippen LogP contribution in [0.1, 0.15) is 59.3 Å². The van der Waals surface area contributed by atoms with Crippen molar-refractivity contribution in [2.45, 2.75) is 59.3 Å². The molecule has 0 aromatic heterocycles. The molecule has 0 spiro atoms. The first-order valence-corrected chi connectivity index (χ1v) is 8.30. The smallest absolute Gasteiger partial charge is 0.304 e. The molecule has 0 saturated heterocycles. The van der Waals surface area contributed by atoms with E-state index in [9.17, 15) is 4.79 Å². The molecule has 1 N–H and O–H groups in total. The summed E-state index contributed by atoms with van der Waals surface area (Å²) in [6.45, 7) is 12.5. The van der Waals surface area contributed by atoms with Gasteiger partial charge in [-0.15, -0.1) is 0 Å². The SMILES string of the molecule is CCCCCCCN(CCC(=O)O)CCN(CC)CC. The summed E-state index contributed by atoms with van der Waals surface area (Å²) in [6, 6.07) is 0. The van der Waals surface area contributed by atoms with Crippen LogP contribution in [0.2, 0.25) is 0 Å². The summed E-state index contributed by atoms with van der Waals surface area (Å²) in [5.41, 5.74) is 0. The van der Waals surface area contributed by atoms with E-state index in [4.69, 9.17) is 5.11 Å². The van der Waals surface area contributed by atoms with Crippen LogP contribution in [-0.4, -0.2) is 60.1 Å². The molecule has 0 heterocycles. The van der Waals surface area contributed by atoms with Gasteiger partial charge in [-0.1, -0.05) is 46.5 Å². The molecule has 120 valence electrons. The highest BCUT2D eigenvalue weighted by molar-refractivity contribution is 5.66. The molecule has 20 heavy (non-hydrogen) atoms. The first-order chi connectivity index (χ1) is 9.63. The van der Waals surface area contributed by atoms with Gasteiger partial charge in [-0.25, -0.2) is 0 Å². The first-order valence-electron chi connectivity index (χ1n) is 8.30. The fraction of sp³-hybridized carbons (Fsp3) is 0.938. The average Bonchev–Trinajstić information content (AvgIpc) is 2.44. The van der Waals surface area contributed by atoms with Crippen LogP contribution in [0.4, 0.5) is 0 Å². The minimum absolute atomic E-state index is 0.257. The van der Waals surface area contributed by atoms with Crippen LogP contribution < -0.4 is 0 Å². The normalized spacial score (nSPS) is 11.4. The lowest BCUT2D eigenvalue weighted by atomic mass is 10.1. The summed E-state index contributed by atoms with van der Waals surface area (Å²) < 4.78 is 0. The molecule has 0 aromatic carbocycles. The van der Waals surface area contributed by atoms with Gasteiger partial charge in [-0.3, -0.25) is 4.79 Å². The Morgan fingerprint density at radius 1 is 0.800 bits per heavy atom. The van der Waals surface area contributed by atoms with Crippen molar-refractivity contribution in [3.8, 4) is 0 Å². The highest BCUT2D eigenvalue weighted by Crippen LogP contribution is 2.05. The number of nitrogens with zero attached hydrogens (tertiary/aromatic N) is 2. The second-order valence-corrected chi connectivity index (χ2v) is 5.43. The Hall–Kier alpha value is -0.610. The minimum atomic E-state index is -0.691. The van der Waals surface area contributed by atoms with Crippen LogP contribution in [0.3, 0.4) is 0 Å². The summed E-state index contributed by atoms with van der Waals surface area (Å²) in [4.78, 5) is 15.4. The third kappa shape index (κ3) is 11.2. The molecule has 4 nitrogen and oxygen atoms in total. The molecule has 0 radical (unpaired) electrons. The number of carboxylic acids is 1. The maximum absolute atomic E-state index is 10.7. The number of likely N-dealkylation sites (N-methyl/N-ethyl adjacent to an activating group) is 1. The average molecular weight is 286 g/mol. The van der Waals surface area contributed by atoms with Gasteiger partial charge in [0.05, 0.1) is 6.42 Å². The predicted octanol–water partition coefficient (Wildman–Crippen LogP) is 3.08. The lowest BCUT2D eigenvalue weighted by Crippen LogP contribution is -2.36. The lowest BCUT2D eigenvalue weighted by molar-refractivity contribution is -0.137. The quantitative estimate of drug-likeness (QED) is 0.498. The Balaban J connectivity index is 3.96. The molecular formula is C16H34N2O2. The van der Waals surface area contributed by atoms with Gasteiger partial charge in [0.2, 0.25) is 0 Å². The Bertz CT molecular complexity index is 231. The molecular weight excluding hydrogens is 252 g/mol. The molecule has 0 aliphatic rings. The molecule has 0 aromatic rings. The van der Waals surface area contributed by atoms with Crippen LogP contribution in [0.25, 0.3) is 0 Å². The second kappa shape index (κ2) is 13.4. The Morgan fingerprint density at radius 2 is 1.40 bits per heavy atom. The topological polar surface area (TPSA) is 43.8 Å². The molecule has 0 aliphatic carbocycles. The van der Waals surface area contributed by atoms with Crippen LogP contribution >= 0.6 is 0 Å². The maximum atomic E-state index is 10.7. The number of rotatable bonds is 14. The number of hydrogen-bond donors (Lipinski definition) is 1. The Labute approximate surface area is 125 Å². The first kappa shape index (κ1) is 19.4. The summed E-state index contributed by atoms with van der Waals surface area (Å²) in [6.07, 6.45) is 6.60. The van der Waals surface area contributed by atoms with E-state index in [0.29, 0.717) is 6.54 Å². The third-order valence-electron chi connectivity index (χ3n) is 3.85. The third-order valence-corrected chi connectivity index (χ3v) is 3.85. The van der Waals surface area contributed by atoms with Gasteiger partial charge < -0.3 is 14.9 Å². The van der Waals surface area contributed by atoms with Crippen molar-refractivity contribution in [3.63, 3.8) is 0 Å². The van der Waals surface area contributed by atoms with Gasteiger partial charge in [0, 0.05) is 19.6 Å². The molecule has 0 fully saturated rings. The van der Waals surface area contributed by atoms with Crippen molar-refractivity contribution < 1.29 is 9.90 Å². The van der Waals surface area contributed by atoms with Gasteiger partial charge in [0.15, 0.2) is 0 Å².